The van der Waals surface area contributed by atoms with E-state index in [9.17, 15) is 9.59 Å². The second-order valence-corrected chi connectivity index (χ2v) is 9.53. The van der Waals surface area contributed by atoms with Crippen LogP contribution in [-0.4, -0.2) is 30.4 Å². The van der Waals surface area contributed by atoms with Gasteiger partial charge in [-0.3, -0.25) is 9.36 Å². The first-order chi connectivity index (χ1) is 17.4. The Morgan fingerprint density at radius 1 is 1.19 bits per heavy atom. The molecule has 0 spiro atoms. The molecule has 0 radical (unpaired) electrons. The molecule has 2 atom stereocenters. The van der Waals surface area contributed by atoms with Gasteiger partial charge in [-0.2, -0.15) is 0 Å². The molecule has 2 aliphatic rings. The van der Waals surface area contributed by atoms with Gasteiger partial charge in [0.05, 0.1) is 35.6 Å². The van der Waals surface area contributed by atoms with Crippen LogP contribution in [0.1, 0.15) is 37.9 Å². The van der Waals surface area contributed by atoms with Crippen molar-refractivity contribution in [1.82, 2.24) is 4.57 Å². The molecule has 8 heteroatoms. The van der Waals surface area contributed by atoms with Crippen LogP contribution in [0, 0.1) is 0 Å². The highest BCUT2D eigenvalue weighted by atomic mass is 32.1. The van der Waals surface area contributed by atoms with Gasteiger partial charge in [-0.15, -0.1) is 0 Å². The Morgan fingerprint density at radius 3 is 2.67 bits per heavy atom. The Bertz CT molecular complexity index is 1580. The standard InChI is InChI=1S/C28H26N2O5S/c1-5-34-27(32)24-16(2)29-28-30(25(24)18-10-12-21(33-4)13-11-18)26(31)23(36-28)15-20-14-19-8-6-7-9-22(19)35-17(20)3/h6-15,17,25H,5H2,1-4H3/b23-15-/t17-,25+/m0/s1. The summed E-state index contributed by atoms with van der Waals surface area (Å²) in [6, 6.07) is 14.5. The number of ether oxygens (including phenoxy) is 3. The third-order valence-electron chi connectivity index (χ3n) is 6.26. The minimum Gasteiger partial charge on any atom is -0.497 e. The molecule has 0 saturated carbocycles. The van der Waals surface area contributed by atoms with Gasteiger partial charge in [-0.05, 0) is 62.3 Å². The first kappa shape index (κ1) is 23.8. The summed E-state index contributed by atoms with van der Waals surface area (Å²) in [6.45, 7) is 5.71. The highest BCUT2D eigenvalue weighted by molar-refractivity contribution is 7.07. The average Bonchev–Trinajstić information content (AvgIpc) is 3.18. The average molecular weight is 503 g/mol. The van der Waals surface area contributed by atoms with E-state index in [0.29, 0.717) is 26.4 Å². The summed E-state index contributed by atoms with van der Waals surface area (Å²) in [6.07, 6.45) is 3.68. The van der Waals surface area contributed by atoms with Crippen LogP contribution in [-0.2, 0) is 9.53 Å². The van der Waals surface area contributed by atoms with E-state index in [0.717, 1.165) is 22.4 Å². The second-order valence-electron chi connectivity index (χ2n) is 8.52. The molecule has 36 heavy (non-hydrogen) atoms. The lowest BCUT2D eigenvalue weighted by atomic mass is 9.96. The second kappa shape index (κ2) is 9.62. The summed E-state index contributed by atoms with van der Waals surface area (Å²) in [5, 5.41) is 0. The zero-order valence-electron chi connectivity index (χ0n) is 20.5. The minimum absolute atomic E-state index is 0.215. The number of hydrogen-bond donors (Lipinski definition) is 0. The summed E-state index contributed by atoms with van der Waals surface area (Å²) in [7, 11) is 1.59. The van der Waals surface area contributed by atoms with Gasteiger partial charge < -0.3 is 14.2 Å². The lowest BCUT2D eigenvalue weighted by Crippen LogP contribution is -2.40. The number of thiazole rings is 1. The maximum atomic E-state index is 13.8. The topological polar surface area (TPSA) is 79.1 Å². The Balaban J connectivity index is 1.68. The number of aromatic nitrogens is 1. The van der Waals surface area contributed by atoms with E-state index in [1.165, 1.54) is 11.3 Å². The van der Waals surface area contributed by atoms with Gasteiger partial charge in [0, 0.05) is 5.56 Å². The van der Waals surface area contributed by atoms with Crippen molar-refractivity contribution in [2.24, 2.45) is 4.99 Å². The number of nitrogens with zero attached hydrogens (tertiary/aromatic N) is 2. The molecule has 3 heterocycles. The van der Waals surface area contributed by atoms with Gasteiger partial charge >= 0.3 is 5.97 Å². The van der Waals surface area contributed by atoms with E-state index in [-0.39, 0.29) is 18.3 Å². The molecule has 5 rings (SSSR count). The van der Waals surface area contributed by atoms with Gasteiger partial charge in [-0.1, -0.05) is 41.7 Å². The van der Waals surface area contributed by atoms with Crippen molar-refractivity contribution in [3.63, 3.8) is 0 Å². The van der Waals surface area contributed by atoms with Crippen LogP contribution in [0.4, 0.5) is 0 Å². The maximum absolute atomic E-state index is 13.8. The molecule has 0 fully saturated rings. The van der Waals surface area contributed by atoms with Gasteiger partial charge in [0.15, 0.2) is 4.80 Å². The van der Waals surface area contributed by atoms with E-state index in [4.69, 9.17) is 14.2 Å². The molecule has 1 aromatic heterocycles. The highest BCUT2D eigenvalue weighted by Crippen LogP contribution is 2.32. The number of hydrogen-bond acceptors (Lipinski definition) is 7. The molecule has 2 aliphatic heterocycles. The largest absolute Gasteiger partial charge is 0.497 e. The summed E-state index contributed by atoms with van der Waals surface area (Å²) < 4.78 is 18.8. The van der Waals surface area contributed by atoms with Crippen molar-refractivity contribution in [2.75, 3.05) is 13.7 Å². The quantitative estimate of drug-likeness (QED) is 0.498. The number of esters is 1. The number of methoxy groups -OCH3 is 1. The van der Waals surface area contributed by atoms with Crippen molar-refractivity contribution in [1.29, 1.82) is 0 Å². The van der Waals surface area contributed by atoms with E-state index in [1.54, 1.807) is 25.5 Å². The smallest absolute Gasteiger partial charge is 0.338 e. The van der Waals surface area contributed by atoms with E-state index < -0.39 is 12.0 Å². The fourth-order valence-electron chi connectivity index (χ4n) is 4.47. The third-order valence-corrected chi connectivity index (χ3v) is 7.24. The third kappa shape index (κ3) is 4.18. The lowest BCUT2D eigenvalue weighted by molar-refractivity contribution is -0.139. The maximum Gasteiger partial charge on any atom is 0.338 e. The van der Waals surface area contributed by atoms with E-state index >= 15 is 0 Å². The van der Waals surface area contributed by atoms with E-state index in [2.05, 4.69) is 4.99 Å². The van der Waals surface area contributed by atoms with Crippen LogP contribution in [0.3, 0.4) is 0 Å². The molecular weight excluding hydrogens is 476 g/mol. The molecule has 0 aliphatic carbocycles. The molecule has 0 bridgehead atoms. The number of benzene rings is 2. The van der Waals surface area contributed by atoms with Crippen LogP contribution in [0.2, 0.25) is 0 Å². The summed E-state index contributed by atoms with van der Waals surface area (Å²) in [5.74, 6) is 1.02. The Kier molecular flexibility index (Phi) is 6.36. The Labute approximate surface area is 212 Å². The van der Waals surface area contributed by atoms with Crippen LogP contribution in [0.5, 0.6) is 11.5 Å². The van der Waals surface area contributed by atoms with Gasteiger partial charge in [0.2, 0.25) is 0 Å². The normalized spacial score (nSPS) is 19.0. The monoisotopic (exact) mass is 502 g/mol. The summed E-state index contributed by atoms with van der Waals surface area (Å²) >= 11 is 1.30. The summed E-state index contributed by atoms with van der Waals surface area (Å²) in [4.78, 5) is 32.0. The fraction of sp³-hybridized carbons (Fsp3) is 0.250. The Morgan fingerprint density at radius 2 is 1.94 bits per heavy atom. The first-order valence-corrected chi connectivity index (χ1v) is 12.5. The predicted octanol–water partition coefficient (Wildman–Crippen LogP) is 3.62. The fourth-order valence-corrected chi connectivity index (χ4v) is 5.51. The number of fused-ring (bicyclic) bond motifs is 2. The molecule has 2 aromatic carbocycles. The SMILES string of the molecule is CCOC(=O)C1=C(C)N=c2s/c(=C\C3=Cc4ccccc4O[C@H]3C)c(=O)n2[C@@H]1c1ccc(OC)cc1. The molecule has 0 saturated heterocycles. The van der Waals surface area contributed by atoms with Gasteiger partial charge in [0.1, 0.15) is 17.6 Å². The minimum atomic E-state index is -0.664. The predicted molar refractivity (Wildman–Crippen MR) is 139 cm³/mol. The first-order valence-electron chi connectivity index (χ1n) is 11.7. The van der Waals surface area contributed by atoms with E-state index in [1.807, 2.05) is 67.6 Å². The van der Waals surface area contributed by atoms with Gasteiger partial charge in [-0.25, -0.2) is 9.79 Å². The molecule has 0 N–H and O–H groups in total. The molecular formula is C28H26N2O5S. The highest BCUT2D eigenvalue weighted by Gasteiger charge is 2.33. The Hall–Kier alpha value is -3.91. The van der Waals surface area contributed by atoms with Crippen molar-refractivity contribution >= 4 is 29.5 Å². The number of para-hydroxylation sites is 1. The van der Waals surface area contributed by atoms with Crippen LogP contribution >= 0.6 is 11.3 Å². The lowest BCUT2D eigenvalue weighted by Gasteiger charge is -2.24. The van der Waals surface area contributed by atoms with Crippen LogP contribution in [0.25, 0.3) is 12.2 Å². The zero-order chi connectivity index (χ0) is 25.4. The summed E-state index contributed by atoms with van der Waals surface area (Å²) in [5.41, 5.74) is 3.28. The van der Waals surface area contributed by atoms with Crippen LogP contribution in [0.15, 0.2) is 75.2 Å². The van der Waals surface area contributed by atoms with Crippen LogP contribution < -0.4 is 24.4 Å². The van der Waals surface area contributed by atoms with Crippen molar-refractivity contribution in [3.8, 4) is 11.5 Å². The number of carbonyl (C=O) groups excluding carboxylic acids is 1. The molecule has 0 unspecified atom stereocenters. The molecule has 3 aromatic rings. The molecule has 0 amide bonds. The molecule has 7 nitrogen and oxygen atoms in total. The van der Waals surface area contributed by atoms with Gasteiger partial charge in [0.25, 0.3) is 5.56 Å². The van der Waals surface area contributed by atoms with Crippen molar-refractivity contribution < 1.29 is 19.0 Å². The van der Waals surface area contributed by atoms with Crippen molar-refractivity contribution in [2.45, 2.75) is 32.9 Å². The zero-order valence-corrected chi connectivity index (χ0v) is 21.3. The van der Waals surface area contributed by atoms with Crippen molar-refractivity contribution in [3.05, 3.63) is 96.2 Å². The molecule has 184 valence electrons. The number of carbonyl (C=O) groups is 1. The number of allylic oxidation sites excluding steroid dienone is 1. The number of rotatable bonds is 5.